The van der Waals surface area contributed by atoms with E-state index in [-0.39, 0.29) is 17.4 Å². The molecule has 0 bridgehead atoms. The van der Waals surface area contributed by atoms with Crippen molar-refractivity contribution >= 4 is 40.0 Å². The van der Waals surface area contributed by atoms with E-state index in [1.54, 1.807) is 54.1 Å². The van der Waals surface area contributed by atoms with Crippen LogP contribution in [0.3, 0.4) is 0 Å². The summed E-state index contributed by atoms with van der Waals surface area (Å²) in [6.45, 7) is 5.66. The summed E-state index contributed by atoms with van der Waals surface area (Å²) in [5, 5.41) is 1.11. The van der Waals surface area contributed by atoms with E-state index in [4.69, 9.17) is 16.3 Å². The lowest BCUT2D eigenvalue weighted by Gasteiger charge is -2.18. The average molecular weight is 417 g/mol. The zero-order chi connectivity index (χ0) is 20.4. The van der Waals surface area contributed by atoms with Gasteiger partial charge in [0.05, 0.1) is 23.3 Å². The highest BCUT2D eigenvalue weighted by Gasteiger charge is 2.21. The van der Waals surface area contributed by atoms with E-state index in [0.29, 0.717) is 32.4 Å². The van der Waals surface area contributed by atoms with Crippen molar-refractivity contribution in [1.82, 2.24) is 9.55 Å². The minimum absolute atomic E-state index is 0.0385. The molecule has 3 aromatic rings. The number of ketones is 1. The lowest BCUT2D eigenvalue weighted by molar-refractivity contribution is 0.0993. The van der Waals surface area contributed by atoms with E-state index in [1.165, 1.54) is 11.8 Å². The summed E-state index contributed by atoms with van der Waals surface area (Å²) in [5.74, 6) is 0.655. The van der Waals surface area contributed by atoms with Gasteiger partial charge in [-0.2, -0.15) is 0 Å². The number of Topliss-reactive ketones (excluding diaryl/α,β-unsaturated/α-hetero) is 1. The molecule has 0 saturated carbocycles. The molecule has 2 aromatic carbocycles. The van der Waals surface area contributed by atoms with Crippen LogP contribution in [0, 0.1) is 0 Å². The molecule has 0 saturated heterocycles. The van der Waals surface area contributed by atoms with Crippen LogP contribution in [0.5, 0.6) is 5.75 Å². The van der Waals surface area contributed by atoms with Gasteiger partial charge in [0.2, 0.25) is 0 Å². The van der Waals surface area contributed by atoms with Gasteiger partial charge in [-0.1, -0.05) is 23.4 Å². The quantitative estimate of drug-likeness (QED) is 0.321. The highest BCUT2D eigenvalue weighted by molar-refractivity contribution is 8.00. The number of hydrogen-bond acceptors (Lipinski definition) is 5. The fraction of sp³-hybridized carbons (Fsp3) is 0.286. The van der Waals surface area contributed by atoms with Gasteiger partial charge in [0.15, 0.2) is 10.9 Å². The Bertz CT molecular complexity index is 1080. The first-order valence-electron chi connectivity index (χ1n) is 8.88. The van der Waals surface area contributed by atoms with E-state index in [2.05, 4.69) is 4.98 Å². The Kier molecular flexibility index (Phi) is 6.10. The number of aromatic nitrogens is 2. The third-order valence-corrected chi connectivity index (χ3v) is 5.68. The highest BCUT2D eigenvalue weighted by Crippen LogP contribution is 2.28. The summed E-state index contributed by atoms with van der Waals surface area (Å²) >= 11 is 7.34. The number of rotatable bonds is 6. The maximum absolute atomic E-state index is 13.0. The maximum atomic E-state index is 13.0. The zero-order valence-corrected chi connectivity index (χ0v) is 17.7. The van der Waals surface area contributed by atoms with Gasteiger partial charge in [-0.05, 0) is 63.2 Å². The fourth-order valence-electron chi connectivity index (χ4n) is 2.89. The van der Waals surface area contributed by atoms with E-state index in [1.807, 2.05) is 20.8 Å². The number of ether oxygens (including phenoxy) is 1. The van der Waals surface area contributed by atoms with Crippen LogP contribution in [-0.2, 0) is 0 Å². The minimum Gasteiger partial charge on any atom is -0.497 e. The normalized spacial score (nSPS) is 12.4. The van der Waals surface area contributed by atoms with Gasteiger partial charge >= 0.3 is 0 Å². The van der Waals surface area contributed by atoms with E-state index in [9.17, 15) is 9.59 Å². The molecule has 0 amide bonds. The molecule has 7 heteroatoms. The summed E-state index contributed by atoms with van der Waals surface area (Å²) in [6, 6.07) is 11.9. The van der Waals surface area contributed by atoms with Crippen molar-refractivity contribution in [3.63, 3.8) is 0 Å². The SMILES string of the molecule is COc1ccc(C(=O)C(C)Sc2nc3cc(Cl)ccc3c(=O)n2C(C)C)cc1. The monoisotopic (exact) mass is 416 g/mol. The predicted molar refractivity (Wildman–Crippen MR) is 114 cm³/mol. The summed E-state index contributed by atoms with van der Waals surface area (Å²) in [7, 11) is 1.58. The van der Waals surface area contributed by atoms with Gasteiger partial charge in [0.1, 0.15) is 5.75 Å². The van der Waals surface area contributed by atoms with Crippen LogP contribution in [0.25, 0.3) is 10.9 Å². The molecular weight excluding hydrogens is 396 g/mol. The van der Waals surface area contributed by atoms with Crippen molar-refractivity contribution in [2.24, 2.45) is 0 Å². The Morgan fingerprint density at radius 1 is 1.14 bits per heavy atom. The minimum atomic E-state index is -0.415. The predicted octanol–water partition coefficient (Wildman–Crippen LogP) is 5.00. The molecule has 0 aliphatic heterocycles. The number of thioether (sulfide) groups is 1. The molecule has 0 radical (unpaired) electrons. The van der Waals surface area contributed by atoms with E-state index in [0.717, 1.165) is 0 Å². The molecule has 1 heterocycles. The molecule has 1 atom stereocenters. The molecule has 146 valence electrons. The molecule has 3 rings (SSSR count). The van der Waals surface area contributed by atoms with Crippen molar-refractivity contribution < 1.29 is 9.53 Å². The second-order valence-corrected chi connectivity index (χ2v) is 8.42. The van der Waals surface area contributed by atoms with Crippen molar-refractivity contribution in [2.45, 2.75) is 37.2 Å². The summed E-state index contributed by atoms with van der Waals surface area (Å²) in [5.41, 5.74) is 0.979. The third-order valence-electron chi connectivity index (χ3n) is 4.37. The molecule has 0 fully saturated rings. The summed E-state index contributed by atoms with van der Waals surface area (Å²) < 4.78 is 6.76. The van der Waals surface area contributed by atoms with Crippen LogP contribution in [0.15, 0.2) is 52.4 Å². The largest absolute Gasteiger partial charge is 0.497 e. The number of carbonyl (C=O) groups excluding carboxylic acids is 1. The Hall–Kier alpha value is -2.31. The van der Waals surface area contributed by atoms with Gasteiger partial charge in [-0.25, -0.2) is 4.98 Å². The molecule has 5 nitrogen and oxygen atoms in total. The molecule has 28 heavy (non-hydrogen) atoms. The van der Waals surface area contributed by atoms with Crippen molar-refractivity contribution in [1.29, 1.82) is 0 Å². The molecule has 0 spiro atoms. The van der Waals surface area contributed by atoms with Crippen molar-refractivity contribution in [3.8, 4) is 5.75 Å². The summed E-state index contributed by atoms with van der Waals surface area (Å²) in [4.78, 5) is 30.4. The first-order valence-corrected chi connectivity index (χ1v) is 10.1. The molecule has 0 aliphatic rings. The highest BCUT2D eigenvalue weighted by atomic mass is 35.5. The van der Waals surface area contributed by atoms with Crippen LogP contribution in [0.2, 0.25) is 5.02 Å². The lowest BCUT2D eigenvalue weighted by atomic mass is 10.1. The van der Waals surface area contributed by atoms with Crippen LogP contribution < -0.4 is 10.3 Å². The number of benzene rings is 2. The number of halogens is 1. The Morgan fingerprint density at radius 2 is 1.82 bits per heavy atom. The fourth-order valence-corrected chi connectivity index (χ4v) is 4.18. The van der Waals surface area contributed by atoms with Crippen molar-refractivity contribution in [3.05, 3.63) is 63.4 Å². The Balaban J connectivity index is 1.98. The molecule has 0 aliphatic carbocycles. The molecule has 0 N–H and O–H groups in total. The Labute approximate surface area is 172 Å². The molecular formula is C21H21ClN2O3S. The van der Waals surface area contributed by atoms with E-state index >= 15 is 0 Å². The van der Waals surface area contributed by atoms with Crippen LogP contribution in [0.1, 0.15) is 37.2 Å². The average Bonchev–Trinajstić information content (AvgIpc) is 2.66. The maximum Gasteiger partial charge on any atom is 0.262 e. The number of hydrogen-bond donors (Lipinski definition) is 0. The van der Waals surface area contributed by atoms with Gasteiger partial charge in [0.25, 0.3) is 5.56 Å². The van der Waals surface area contributed by atoms with Crippen LogP contribution in [-0.4, -0.2) is 27.7 Å². The summed E-state index contributed by atoms with van der Waals surface area (Å²) in [6.07, 6.45) is 0. The lowest BCUT2D eigenvalue weighted by Crippen LogP contribution is -2.26. The first kappa shape index (κ1) is 20.4. The topological polar surface area (TPSA) is 61.2 Å². The standard InChI is InChI=1S/C21H21ClN2O3S/c1-12(2)24-20(26)17-10-7-15(22)11-18(17)23-21(24)28-13(3)19(25)14-5-8-16(27-4)9-6-14/h5-13H,1-4H3. The number of carbonyl (C=O) groups is 1. The van der Waals surface area contributed by atoms with Gasteiger partial charge in [0, 0.05) is 16.6 Å². The van der Waals surface area contributed by atoms with Gasteiger partial charge in [-0.15, -0.1) is 0 Å². The van der Waals surface area contributed by atoms with Crippen LogP contribution in [0.4, 0.5) is 0 Å². The molecule has 1 aromatic heterocycles. The van der Waals surface area contributed by atoms with E-state index < -0.39 is 5.25 Å². The smallest absolute Gasteiger partial charge is 0.262 e. The van der Waals surface area contributed by atoms with Crippen molar-refractivity contribution in [2.75, 3.05) is 7.11 Å². The zero-order valence-electron chi connectivity index (χ0n) is 16.1. The number of fused-ring (bicyclic) bond motifs is 1. The number of nitrogens with zero attached hydrogens (tertiary/aromatic N) is 2. The van der Waals surface area contributed by atoms with Gasteiger partial charge in [-0.3, -0.25) is 14.2 Å². The Morgan fingerprint density at radius 3 is 2.43 bits per heavy atom. The van der Waals surface area contributed by atoms with Crippen LogP contribution >= 0.6 is 23.4 Å². The second-order valence-electron chi connectivity index (χ2n) is 6.68. The number of methoxy groups -OCH3 is 1. The second kappa shape index (κ2) is 8.37. The first-order chi connectivity index (χ1) is 13.3. The third kappa shape index (κ3) is 4.08. The molecule has 1 unspecified atom stereocenters. The van der Waals surface area contributed by atoms with Gasteiger partial charge < -0.3 is 4.74 Å².